The van der Waals surface area contributed by atoms with Gasteiger partial charge >= 0.3 is 0 Å². The van der Waals surface area contributed by atoms with Gasteiger partial charge in [-0.1, -0.05) is 34.1 Å². The lowest BCUT2D eigenvalue weighted by molar-refractivity contribution is 0.414. The quantitative estimate of drug-likeness (QED) is 0.650. The molecule has 0 bridgehead atoms. The normalized spacial score (nSPS) is 12.2. The topological polar surface area (TPSA) is 9.23 Å². The summed E-state index contributed by atoms with van der Waals surface area (Å²) in [5.41, 5.74) is 4.84. The number of ether oxygens (including phenoxy) is 1. The van der Waals surface area contributed by atoms with E-state index in [9.17, 15) is 0 Å². The molecule has 106 valence electrons. The lowest BCUT2D eigenvalue weighted by atomic mass is 9.98. The third-order valence-corrected chi connectivity index (χ3v) is 4.70. The summed E-state index contributed by atoms with van der Waals surface area (Å²) >= 11 is 10.2. The van der Waals surface area contributed by atoms with Crippen LogP contribution in [0.4, 0.5) is 0 Å². The van der Waals surface area contributed by atoms with Gasteiger partial charge in [-0.2, -0.15) is 0 Å². The number of methoxy groups -OCH3 is 1. The highest BCUT2D eigenvalue weighted by Gasteiger charge is 2.13. The number of alkyl halides is 1. The minimum absolute atomic E-state index is 0.0183. The second-order valence-corrected chi connectivity index (χ2v) is 6.36. The standard InChI is InChI=1S/C17H18BrClO/c1-11-9-16(18)12(2)8-15(11)17(19)10-13-4-6-14(20-3)7-5-13/h4-9,17H,10H2,1-3H3. The van der Waals surface area contributed by atoms with Crippen LogP contribution in [-0.2, 0) is 6.42 Å². The van der Waals surface area contributed by atoms with Gasteiger partial charge in [0.2, 0.25) is 0 Å². The predicted molar refractivity (Wildman–Crippen MR) is 88.9 cm³/mol. The highest BCUT2D eigenvalue weighted by molar-refractivity contribution is 9.10. The van der Waals surface area contributed by atoms with Gasteiger partial charge in [-0.15, -0.1) is 11.6 Å². The molecule has 0 fully saturated rings. The van der Waals surface area contributed by atoms with E-state index in [0.717, 1.165) is 16.6 Å². The molecule has 0 aliphatic rings. The van der Waals surface area contributed by atoms with Crippen LogP contribution < -0.4 is 4.74 Å². The van der Waals surface area contributed by atoms with Crippen LogP contribution in [-0.4, -0.2) is 7.11 Å². The third-order valence-electron chi connectivity index (χ3n) is 3.46. The maximum atomic E-state index is 6.60. The van der Waals surface area contributed by atoms with Crippen molar-refractivity contribution in [2.75, 3.05) is 7.11 Å². The van der Waals surface area contributed by atoms with Crippen molar-refractivity contribution >= 4 is 27.5 Å². The molecule has 1 unspecified atom stereocenters. The summed E-state index contributed by atoms with van der Waals surface area (Å²) in [4.78, 5) is 0. The van der Waals surface area contributed by atoms with Gasteiger partial charge in [-0.25, -0.2) is 0 Å². The van der Waals surface area contributed by atoms with E-state index in [1.165, 1.54) is 22.3 Å². The summed E-state index contributed by atoms with van der Waals surface area (Å²) in [6, 6.07) is 12.4. The van der Waals surface area contributed by atoms with E-state index in [1.807, 2.05) is 12.1 Å². The van der Waals surface area contributed by atoms with Gasteiger partial charge in [0, 0.05) is 4.47 Å². The van der Waals surface area contributed by atoms with Gasteiger partial charge in [0.05, 0.1) is 12.5 Å². The Balaban J connectivity index is 2.18. The Labute approximate surface area is 134 Å². The van der Waals surface area contributed by atoms with Crippen LogP contribution in [0.25, 0.3) is 0 Å². The lowest BCUT2D eigenvalue weighted by Gasteiger charge is -2.15. The predicted octanol–water partition coefficient (Wildman–Crippen LogP) is 5.60. The van der Waals surface area contributed by atoms with Gasteiger partial charge in [-0.3, -0.25) is 0 Å². The molecule has 0 heterocycles. The first-order valence-corrected chi connectivity index (χ1v) is 7.78. The van der Waals surface area contributed by atoms with E-state index in [-0.39, 0.29) is 5.38 Å². The van der Waals surface area contributed by atoms with Crippen molar-refractivity contribution in [2.24, 2.45) is 0 Å². The highest BCUT2D eigenvalue weighted by Crippen LogP contribution is 2.31. The second kappa shape index (κ2) is 6.64. The summed E-state index contributed by atoms with van der Waals surface area (Å²) in [5.74, 6) is 0.871. The smallest absolute Gasteiger partial charge is 0.118 e. The summed E-state index contributed by atoms with van der Waals surface area (Å²) in [6.07, 6.45) is 0.813. The molecule has 2 aromatic rings. The molecule has 0 saturated heterocycles. The Morgan fingerprint density at radius 1 is 1.10 bits per heavy atom. The van der Waals surface area contributed by atoms with E-state index in [1.54, 1.807) is 7.11 Å². The Morgan fingerprint density at radius 2 is 1.75 bits per heavy atom. The van der Waals surface area contributed by atoms with E-state index in [2.05, 4.69) is 54.0 Å². The SMILES string of the molecule is COc1ccc(CC(Cl)c2cc(C)c(Br)cc2C)cc1. The minimum Gasteiger partial charge on any atom is -0.497 e. The maximum absolute atomic E-state index is 6.60. The molecular weight excluding hydrogens is 336 g/mol. The molecule has 0 spiro atoms. The lowest BCUT2D eigenvalue weighted by Crippen LogP contribution is -2.00. The number of aryl methyl sites for hydroxylation is 2. The van der Waals surface area contributed by atoms with Gasteiger partial charge in [0.25, 0.3) is 0 Å². The van der Waals surface area contributed by atoms with Crippen LogP contribution in [0.2, 0.25) is 0 Å². The van der Waals surface area contributed by atoms with Crippen molar-refractivity contribution in [3.05, 3.63) is 63.1 Å². The van der Waals surface area contributed by atoms with Gasteiger partial charge in [0.15, 0.2) is 0 Å². The monoisotopic (exact) mass is 352 g/mol. The van der Waals surface area contributed by atoms with Crippen molar-refractivity contribution in [3.8, 4) is 5.75 Å². The summed E-state index contributed by atoms with van der Waals surface area (Å²) in [7, 11) is 1.67. The highest BCUT2D eigenvalue weighted by atomic mass is 79.9. The van der Waals surface area contributed by atoms with Crippen molar-refractivity contribution < 1.29 is 4.74 Å². The molecular formula is C17H18BrClO. The van der Waals surface area contributed by atoms with Crippen LogP contribution in [0.3, 0.4) is 0 Å². The van der Waals surface area contributed by atoms with Crippen LogP contribution >= 0.6 is 27.5 Å². The number of rotatable bonds is 4. The Bertz CT molecular complexity index is 593. The first-order valence-electron chi connectivity index (χ1n) is 6.55. The number of benzene rings is 2. The fourth-order valence-corrected chi connectivity index (χ4v) is 3.09. The zero-order chi connectivity index (χ0) is 14.7. The average molecular weight is 354 g/mol. The average Bonchev–Trinajstić information content (AvgIpc) is 2.43. The first kappa shape index (κ1) is 15.4. The Morgan fingerprint density at radius 3 is 2.35 bits per heavy atom. The van der Waals surface area contributed by atoms with E-state index < -0.39 is 0 Å². The number of hydrogen-bond donors (Lipinski definition) is 0. The molecule has 2 aromatic carbocycles. The van der Waals surface area contributed by atoms with Gasteiger partial charge < -0.3 is 4.74 Å². The fraction of sp³-hybridized carbons (Fsp3) is 0.294. The van der Waals surface area contributed by atoms with Crippen molar-refractivity contribution in [1.82, 2.24) is 0 Å². The van der Waals surface area contributed by atoms with Crippen molar-refractivity contribution in [3.63, 3.8) is 0 Å². The molecule has 0 saturated carbocycles. The van der Waals surface area contributed by atoms with Crippen molar-refractivity contribution in [2.45, 2.75) is 25.6 Å². The summed E-state index contributed by atoms with van der Waals surface area (Å²) in [5, 5.41) is -0.0183. The molecule has 1 atom stereocenters. The van der Waals surface area contributed by atoms with Crippen LogP contribution in [0.1, 0.15) is 27.6 Å². The molecule has 0 radical (unpaired) electrons. The second-order valence-electron chi connectivity index (χ2n) is 4.98. The molecule has 0 aromatic heterocycles. The number of halogens is 2. The maximum Gasteiger partial charge on any atom is 0.118 e. The molecule has 20 heavy (non-hydrogen) atoms. The zero-order valence-corrected chi connectivity index (χ0v) is 14.3. The molecule has 0 N–H and O–H groups in total. The minimum atomic E-state index is -0.0183. The summed E-state index contributed by atoms with van der Waals surface area (Å²) < 4.78 is 6.30. The van der Waals surface area contributed by atoms with Crippen LogP contribution in [0, 0.1) is 13.8 Å². The molecule has 3 heteroatoms. The largest absolute Gasteiger partial charge is 0.497 e. The Hall–Kier alpha value is -0.990. The number of hydrogen-bond acceptors (Lipinski definition) is 1. The third kappa shape index (κ3) is 3.56. The molecule has 0 amide bonds. The molecule has 0 aliphatic carbocycles. The van der Waals surface area contributed by atoms with E-state index in [0.29, 0.717) is 0 Å². The summed E-state index contributed by atoms with van der Waals surface area (Å²) in [6.45, 7) is 4.19. The molecule has 0 aliphatic heterocycles. The van der Waals surface area contributed by atoms with E-state index >= 15 is 0 Å². The Kier molecular flexibility index (Phi) is 5.11. The molecule has 1 nitrogen and oxygen atoms in total. The van der Waals surface area contributed by atoms with Crippen molar-refractivity contribution in [1.29, 1.82) is 0 Å². The van der Waals surface area contributed by atoms with Crippen LogP contribution in [0.5, 0.6) is 5.75 Å². The fourth-order valence-electron chi connectivity index (χ4n) is 2.22. The van der Waals surface area contributed by atoms with Gasteiger partial charge in [0.1, 0.15) is 5.75 Å². The van der Waals surface area contributed by atoms with E-state index in [4.69, 9.17) is 16.3 Å². The van der Waals surface area contributed by atoms with Crippen LogP contribution in [0.15, 0.2) is 40.9 Å². The first-order chi connectivity index (χ1) is 9.51. The molecule has 2 rings (SSSR count). The zero-order valence-electron chi connectivity index (χ0n) is 11.9. The van der Waals surface area contributed by atoms with Gasteiger partial charge in [-0.05, 0) is 60.7 Å².